The molecule has 0 aliphatic heterocycles. The van der Waals surface area contributed by atoms with Gasteiger partial charge in [-0.25, -0.2) is 0 Å². The van der Waals surface area contributed by atoms with E-state index in [1.807, 2.05) is 7.11 Å². The number of ether oxygens (including phenoxy) is 1. The fourth-order valence-electron chi connectivity index (χ4n) is 7.01. The fourth-order valence-corrected chi connectivity index (χ4v) is 7.01. The maximum absolute atomic E-state index is 12.5. The maximum Gasteiger partial charge on any atom is 0.139 e. The second kappa shape index (κ2) is 5.15. The summed E-state index contributed by atoms with van der Waals surface area (Å²) in [5.74, 6) is 3.05. The topological polar surface area (TPSA) is 43.4 Å². The third-order valence-corrected chi connectivity index (χ3v) is 8.49. The van der Waals surface area contributed by atoms with Gasteiger partial charge >= 0.3 is 0 Å². The van der Waals surface area contributed by atoms with Gasteiger partial charge in [-0.1, -0.05) is 13.8 Å². The van der Waals surface area contributed by atoms with Crippen molar-refractivity contribution in [1.29, 1.82) is 0 Å². The van der Waals surface area contributed by atoms with Crippen LogP contribution in [0.2, 0.25) is 0 Å². The van der Waals surface area contributed by atoms with E-state index in [0.29, 0.717) is 35.2 Å². The van der Waals surface area contributed by atoms with E-state index >= 15 is 0 Å². The Morgan fingerprint density at radius 2 is 1.83 bits per heavy atom. The molecule has 0 bridgehead atoms. The van der Waals surface area contributed by atoms with Gasteiger partial charge in [-0.3, -0.25) is 9.59 Å². The predicted molar refractivity (Wildman–Crippen MR) is 87.9 cm³/mol. The van der Waals surface area contributed by atoms with Crippen LogP contribution in [0.1, 0.15) is 65.2 Å². The van der Waals surface area contributed by atoms with Crippen LogP contribution in [-0.4, -0.2) is 24.8 Å². The fraction of sp³-hybridized carbons (Fsp3) is 0.900. The van der Waals surface area contributed by atoms with E-state index < -0.39 is 0 Å². The van der Waals surface area contributed by atoms with Gasteiger partial charge in [0.05, 0.1) is 6.10 Å². The number of methoxy groups -OCH3 is 1. The van der Waals surface area contributed by atoms with Gasteiger partial charge in [0.25, 0.3) is 0 Å². The summed E-state index contributed by atoms with van der Waals surface area (Å²) in [4.78, 5) is 24.5. The monoisotopic (exact) mass is 318 g/mol. The van der Waals surface area contributed by atoms with Gasteiger partial charge in [0.15, 0.2) is 0 Å². The zero-order valence-electron chi connectivity index (χ0n) is 14.8. The first-order chi connectivity index (χ1) is 10.9. The molecule has 4 saturated carbocycles. The van der Waals surface area contributed by atoms with Gasteiger partial charge < -0.3 is 4.74 Å². The lowest BCUT2D eigenvalue weighted by Gasteiger charge is -2.61. The summed E-state index contributed by atoms with van der Waals surface area (Å²) < 4.78 is 5.96. The molecule has 4 aliphatic carbocycles. The van der Waals surface area contributed by atoms with Gasteiger partial charge in [-0.2, -0.15) is 0 Å². The summed E-state index contributed by atoms with van der Waals surface area (Å²) in [6.07, 6.45) is 7.81. The Morgan fingerprint density at radius 3 is 2.57 bits per heavy atom. The highest BCUT2D eigenvalue weighted by atomic mass is 16.5. The highest BCUT2D eigenvalue weighted by Gasteiger charge is 2.62. The Hall–Kier alpha value is -0.700. The lowest BCUT2D eigenvalue weighted by Crippen LogP contribution is -2.58. The molecule has 0 aromatic carbocycles. The molecular weight excluding hydrogens is 288 g/mol. The zero-order chi connectivity index (χ0) is 16.4. The average molecular weight is 318 g/mol. The second-order valence-corrected chi connectivity index (χ2v) is 9.16. The molecule has 128 valence electrons. The van der Waals surface area contributed by atoms with Crippen molar-refractivity contribution in [3.63, 3.8) is 0 Å². The summed E-state index contributed by atoms with van der Waals surface area (Å²) >= 11 is 0. The van der Waals surface area contributed by atoms with Crippen LogP contribution in [0.4, 0.5) is 0 Å². The van der Waals surface area contributed by atoms with Crippen LogP contribution in [0, 0.1) is 34.5 Å². The Kier molecular flexibility index (Phi) is 3.54. The highest BCUT2D eigenvalue weighted by molar-refractivity contribution is 5.87. The van der Waals surface area contributed by atoms with E-state index in [1.54, 1.807) is 0 Å². The van der Waals surface area contributed by atoms with Gasteiger partial charge in [0, 0.05) is 31.8 Å². The Bertz CT molecular complexity index is 541. The van der Waals surface area contributed by atoms with Crippen LogP contribution < -0.4 is 0 Å². The minimum Gasteiger partial charge on any atom is -0.381 e. The standard InChI is InChI=1S/C20H30O3/c1-19-8-6-13(21)10-12(19)11-16(23-3)18-14-4-5-17(22)20(14,2)9-7-15(18)19/h12,14-16,18H,4-11H2,1-3H3/t12?,14-,15-,16+,18-,19-,20-/m0/s1. The normalized spacial score (nSPS) is 52.7. The van der Waals surface area contributed by atoms with Crippen molar-refractivity contribution in [2.24, 2.45) is 34.5 Å². The first-order valence-corrected chi connectivity index (χ1v) is 9.48. The van der Waals surface area contributed by atoms with Gasteiger partial charge in [0.2, 0.25) is 0 Å². The molecule has 0 aromatic heterocycles. The predicted octanol–water partition coefficient (Wildman–Crippen LogP) is 3.79. The van der Waals surface area contributed by atoms with E-state index in [2.05, 4.69) is 13.8 Å². The van der Waals surface area contributed by atoms with Crippen LogP contribution in [0.3, 0.4) is 0 Å². The Balaban J connectivity index is 1.72. The van der Waals surface area contributed by atoms with Crippen LogP contribution >= 0.6 is 0 Å². The van der Waals surface area contributed by atoms with Crippen molar-refractivity contribution in [3.05, 3.63) is 0 Å². The van der Waals surface area contributed by atoms with Crippen LogP contribution in [0.5, 0.6) is 0 Å². The summed E-state index contributed by atoms with van der Waals surface area (Å²) in [5.41, 5.74) is 0.173. The van der Waals surface area contributed by atoms with Crippen LogP contribution in [0.25, 0.3) is 0 Å². The molecule has 23 heavy (non-hydrogen) atoms. The number of fused-ring (bicyclic) bond motifs is 5. The molecule has 0 aromatic rings. The van der Waals surface area contributed by atoms with Gasteiger partial charge in [0.1, 0.15) is 11.6 Å². The second-order valence-electron chi connectivity index (χ2n) is 9.16. The van der Waals surface area contributed by atoms with Crippen molar-refractivity contribution in [2.75, 3.05) is 7.11 Å². The molecule has 0 saturated heterocycles. The zero-order valence-corrected chi connectivity index (χ0v) is 14.8. The number of Topliss-reactive ketones (excluding diaryl/α,β-unsaturated/α-hetero) is 2. The molecule has 3 nitrogen and oxygen atoms in total. The van der Waals surface area contributed by atoms with Crippen LogP contribution in [-0.2, 0) is 14.3 Å². The molecule has 0 heterocycles. The first-order valence-electron chi connectivity index (χ1n) is 9.48. The lowest BCUT2D eigenvalue weighted by molar-refractivity contribution is -0.172. The largest absolute Gasteiger partial charge is 0.381 e. The molecule has 4 fully saturated rings. The van der Waals surface area contributed by atoms with E-state index in [4.69, 9.17) is 4.74 Å². The van der Waals surface area contributed by atoms with E-state index in [-0.39, 0.29) is 16.9 Å². The third kappa shape index (κ3) is 2.04. The number of ketones is 2. The van der Waals surface area contributed by atoms with Crippen molar-refractivity contribution < 1.29 is 14.3 Å². The number of carbonyl (C=O) groups is 2. The summed E-state index contributed by atoms with van der Waals surface area (Å²) in [6, 6.07) is 0. The first kappa shape index (κ1) is 15.8. The number of hydrogen-bond acceptors (Lipinski definition) is 3. The highest BCUT2D eigenvalue weighted by Crippen LogP contribution is 2.65. The molecule has 0 spiro atoms. The average Bonchev–Trinajstić information content (AvgIpc) is 2.83. The number of rotatable bonds is 1. The van der Waals surface area contributed by atoms with Crippen molar-refractivity contribution in [3.8, 4) is 0 Å². The van der Waals surface area contributed by atoms with Crippen LogP contribution in [0.15, 0.2) is 0 Å². The van der Waals surface area contributed by atoms with Gasteiger partial charge in [-0.05, 0) is 61.2 Å². The van der Waals surface area contributed by atoms with E-state index in [1.165, 1.54) is 0 Å². The Labute approximate surface area is 139 Å². The lowest BCUT2D eigenvalue weighted by atomic mass is 9.44. The number of hydrogen-bond donors (Lipinski definition) is 0. The SMILES string of the molecule is CO[C@@H]1CC2CC(=O)CC[C@]2(C)[C@H]2CC[C@]3(C)C(=O)CC[C@H]3[C@H]12. The summed E-state index contributed by atoms with van der Waals surface area (Å²) in [6.45, 7) is 4.65. The molecule has 0 amide bonds. The molecule has 1 unspecified atom stereocenters. The minimum atomic E-state index is -0.106. The van der Waals surface area contributed by atoms with Crippen molar-refractivity contribution >= 4 is 11.6 Å². The minimum absolute atomic E-state index is 0.106. The molecule has 4 rings (SSSR count). The summed E-state index contributed by atoms with van der Waals surface area (Å²) in [5, 5.41) is 0. The quantitative estimate of drug-likeness (QED) is 0.739. The molecule has 0 N–H and O–H groups in total. The molecule has 4 aliphatic rings. The van der Waals surface area contributed by atoms with Gasteiger partial charge in [-0.15, -0.1) is 0 Å². The van der Waals surface area contributed by atoms with E-state index in [9.17, 15) is 9.59 Å². The molecular formula is C20H30O3. The molecule has 0 radical (unpaired) electrons. The number of carbonyl (C=O) groups excluding carboxylic acids is 2. The Morgan fingerprint density at radius 1 is 1.04 bits per heavy atom. The maximum atomic E-state index is 12.5. The third-order valence-electron chi connectivity index (χ3n) is 8.49. The van der Waals surface area contributed by atoms with Crippen molar-refractivity contribution in [2.45, 2.75) is 71.3 Å². The molecule has 7 atom stereocenters. The van der Waals surface area contributed by atoms with E-state index in [0.717, 1.165) is 51.4 Å². The molecule has 3 heteroatoms. The smallest absolute Gasteiger partial charge is 0.139 e. The van der Waals surface area contributed by atoms with Crippen molar-refractivity contribution in [1.82, 2.24) is 0 Å². The summed E-state index contributed by atoms with van der Waals surface area (Å²) in [7, 11) is 1.83.